The van der Waals surface area contributed by atoms with Gasteiger partial charge in [0.25, 0.3) is 5.91 Å². The summed E-state index contributed by atoms with van der Waals surface area (Å²) < 4.78 is 20.4. The Morgan fingerprint density at radius 3 is 2.63 bits per heavy atom. The summed E-state index contributed by atoms with van der Waals surface area (Å²) in [4.78, 5) is 15.1. The Bertz CT molecular complexity index is 947. The first-order valence-corrected chi connectivity index (χ1v) is 9.43. The van der Waals surface area contributed by atoms with Crippen LogP contribution in [0.3, 0.4) is 0 Å². The zero-order valence-corrected chi connectivity index (χ0v) is 16.6. The van der Waals surface area contributed by atoms with Crippen LogP contribution in [0.2, 0.25) is 0 Å². The van der Waals surface area contributed by atoms with E-state index in [1.54, 1.807) is 24.1 Å². The SMILES string of the molecule is Cc1nn(C)c(C)c1CN(C)C(=O)c1cc(COc2ccc(F)cc2)cs1. The lowest BCUT2D eigenvalue weighted by molar-refractivity contribution is 0.0789. The minimum absolute atomic E-state index is 0.0318. The van der Waals surface area contributed by atoms with Gasteiger partial charge >= 0.3 is 0 Å². The van der Waals surface area contributed by atoms with Crippen molar-refractivity contribution in [3.8, 4) is 5.75 Å². The third-order valence-corrected chi connectivity index (χ3v) is 5.45. The number of carbonyl (C=O) groups excluding carboxylic acids is 1. The van der Waals surface area contributed by atoms with E-state index < -0.39 is 0 Å². The van der Waals surface area contributed by atoms with E-state index in [0.29, 0.717) is 23.8 Å². The number of halogens is 1. The van der Waals surface area contributed by atoms with Gasteiger partial charge in [-0.25, -0.2) is 4.39 Å². The van der Waals surface area contributed by atoms with Crippen LogP contribution in [-0.4, -0.2) is 27.6 Å². The van der Waals surface area contributed by atoms with Gasteiger partial charge in [0.15, 0.2) is 0 Å². The van der Waals surface area contributed by atoms with Crippen molar-refractivity contribution < 1.29 is 13.9 Å². The highest BCUT2D eigenvalue weighted by molar-refractivity contribution is 7.12. The number of nitrogens with zero attached hydrogens (tertiary/aromatic N) is 3. The van der Waals surface area contributed by atoms with Crippen LogP contribution in [-0.2, 0) is 20.2 Å². The smallest absolute Gasteiger partial charge is 0.263 e. The van der Waals surface area contributed by atoms with Crippen molar-refractivity contribution in [1.29, 1.82) is 0 Å². The largest absolute Gasteiger partial charge is 0.489 e. The fourth-order valence-electron chi connectivity index (χ4n) is 2.80. The maximum absolute atomic E-state index is 12.9. The Morgan fingerprint density at radius 1 is 1.30 bits per heavy atom. The van der Waals surface area contributed by atoms with Crippen molar-refractivity contribution in [3.63, 3.8) is 0 Å². The molecule has 0 aliphatic carbocycles. The summed E-state index contributed by atoms with van der Waals surface area (Å²) in [7, 11) is 3.70. The lowest BCUT2D eigenvalue weighted by Crippen LogP contribution is -2.26. The average Bonchev–Trinajstić information content (AvgIpc) is 3.21. The summed E-state index contributed by atoms with van der Waals surface area (Å²) in [6, 6.07) is 7.72. The van der Waals surface area contributed by atoms with E-state index in [0.717, 1.165) is 22.5 Å². The number of carbonyl (C=O) groups is 1. The molecule has 0 spiro atoms. The first kappa shape index (κ1) is 19.1. The number of hydrogen-bond donors (Lipinski definition) is 0. The zero-order valence-electron chi connectivity index (χ0n) is 15.8. The molecule has 7 heteroatoms. The summed E-state index contributed by atoms with van der Waals surface area (Å²) in [5.41, 5.74) is 3.99. The highest BCUT2D eigenvalue weighted by atomic mass is 32.1. The molecule has 0 saturated carbocycles. The molecular formula is C20H22FN3O2S. The van der Waals surface area contributed by atoms with Gasteiger partial charge in [-0.2, -0.15) is 5.10 Å². The molecule has 2 heterocycles. The topological polar surface area (TPSA) is 47.4 Å². The molecule has 5 nitrogen and oxygen atoms in total. The highest BCUT2D eigenvalue weighted by Gasteiger charge is 2.18. The predicted octanol–water partition coefficient (Wildman–Crippen LogP) is 4.09. The van der Waals surface area contributed by atoms with Gasteiger partial charge < -0.3 is 9.64 Å². The number of benzene rings is 1. The number of rotatable bonds is 6. The molecule has 0 atom stereocenters. The Hall–Kier alpha value is -2.67. The molecule has 0 unspecified atom stereocenters. The summed E-state index contributed by atoms with van der Waals surface area (Å²) in [6.07, 6.45) is 0. The molecule has 3 rings (SSSR count). The minimum atomic E-state index is -0.298. The number of ether oxygens (including phenoxy) is 1. The zero-order chi connectivity index (χ0) is 19.6. The normalized spacial score (nSPS) is 10.9. The van der Waals surface area contributed by atoms with Crippen molar-refractivity contribution in [3.05, 3.63) is 68.9 Å². The summed E-state index contributed by atoms with van der Waals surface area (Å²) >= 11 is 1.40. The number of hydrogen-bond acceptors (Lipinski definition) is 4. The van der Waals surface area contributed by atoms with Gasteiger partial charge in [-0.3, -0.25) is 9.48 Å². The molecule has 27 heavy (non-hydrogen) atoms. The van der Waals surface area contributed by atoms with Crippen molar-refractivity contribution in [2.75, 3.05) is 7.05 Å². The van der Waals surface area contributed by atoms with E-state index in [4.69, 9.17) is 4.74 Å². The minimum Gasteiger partial charge on any atom is -0.489 e. The molecule has 0 radical (unpaired) electrons. The fourth-order valence-corrected chi connectivity index (χ4v) is 3.69. The lowest BCUT2D eigenvalue weighted by Gasteiger charge is -2.16. The van der Waals surface area contributed by atoms with Crippen LogP contribution in [0.15, 0.2) is 35.7 Å². The van der Waals surface area contributed by atoms with Gasteiger partial charge in [-0.1, -0.05) is 0 Å². The van der Waals surface area contributed by atoms with E-state index in [1.807, 2.05) is 37.0 Å². The maximum Gasteiger partial charge on any atom is 0.263 e. The molecule has 2 aromatic heterocycles. The van der Waals surface area contributed by atoms with Gasteiger partial charge in [-0.05, 0) is 49.6 Å². The van der Waals surface area contributed by atoms with Crippen LogP contribution in [0.25, 0.3) is 0 Å². The van der Waals surface area contributed by atoms with Crippen LogP contribution in [0, 0.1) is 19.7 Å². The number of thiophene rings is 1. The standard InChI is InChI=1S/C20H22FN3O2S/c1-13-18(14(2)24(4)22-13)10-23(3)20(25)19-9-15(12-27-19)11-26-17-7-5-16(21)6-8-17/h5-9,12H,10-11H2,1-4H3. The second-order valence-corrected chi connectivity index (χ2v) is 7.41. The molecule has 0 aliphatic heterocycles. The fraction of sp³-hybridized carbons (Fsp3) is 0.300. The first-order chi connectivity index (χ1) is 12.8. The van der Waals surface area contributed by atoms with Gasteiger partial charge in [0.05, 0.1) is 10.6 Å². The van der Waals surface area contributed by atoms with Gasteiger partial charge in [0.2, 0.25) is 0 Å². The Kier molecular flexibility index (Phi) is 5.60. The van der Waals surface area contributed by atoms with Crippen LogP contribution in [0.4, 0.5) is 4.39 Å². The van der Waals surface area contributed by atoms with E-state index in [2.05, 4.69) is 5.10 Å². The van der Waals surface area contributed by atoms with Gasteiger partial charge in [0.1, 0.15) is 18.2 Å². The van der Waals surface area contributed by atoms with Gasteiger partial charge in [0, 0.05) is 37.5 Å². The number of aryl methyl sites for hydroxylation is 2. The third-order valence-electron chi connectivity index (χ3n) is 4.48. The molecule has 142 valence electrons. The molecule has 3 aromatic rings. The summed E-state index contributed by atoms with van der Waals surface area (Å²) in [5, 5.41) is 6.31. The second kappa shape index (κ2) is 7.92. The molecule has 0 N–H and O–H groups in total. The van der Waals surface area contributed by atoms with Gasteiger partial charge in [-0.15, -0.1) is 11.3 Å². The van der Waals surface area contributed by atoms with E-state index in [-0.39, 0.29) is 11.7 Å². The van der Waals surface area contributed by atoms with Crippen LogP contribution in [0.5, 0.6) is 5.75 Å². The molecule has 1 amide bonds. The molecule has 0 saturated heterocycles. The molecule has 1 aromatic carbocycles. The predicted molar refractivity (Wildman–Crippen MR) is 104 cm³/mol. The number of amides is 1. The highest BCUT2D eigenvalue weighted by Crippen LogP contribution is 2.21. The van der Waals surface area contributed by atoms with Crippen LogP contribution < -0.4 is 4.74 Å². The van der Waals surface area contributed by atoms with Crippen molar-refractivity contribution in [1.82, 2.24) is 14.7 Å². The molecule has 0 bridgehead atoms. The summed E-state index contributed by atoms with van der Waals surface area (Å²) in [5.74, 6) is 0.263. The monoisotopic (exact) mass is 387 g/mol. The molecular weight excluding hydrogens is 365 g/mol. The maximum atomic E-state index is 12.9. The van der Waals surface area contributed by atoms with Crippen LogP contribution in [0.1, 0.15) is 32.2 Å². The van der Waals surface area contributed by atoms with Crippen molar-refractivity contribution in [2.45, 2.75) is 27.0 Å². The number of aromatic nitrogens is 2. The molecule has 0 aliphatic rings. The third kappa shape index (κ3) is 4.36. The average molecular weight is 387 g/mol. The van der Waals surface area contributed by atoms with E-state index >= 15 is 0 Å². The quantitative estimate of drug-likeness (QED) is 0.640. The molecule has 0 fully saturated rings. The Balaban J connectivity index is 1.62. The van der Waals surface area contributed by atoms with Crippen molar-refractivity contribution in [2.24, 2.45) is 7.05 Å². The van der Waals surface area contributed by atoms with Crippen LogP contribution >= 0.6 is 11.3 Å². The second-order valence-electron chi connectivity index (χ2n) is 6.50. The lowest BCUT2D eigenvalue weighted by atomic mass is 10.2. The van der Waals surface area contributed by atoms with E-state index in [9.17, 15) is 9.18 Å². The summed E-state index contributed by atoms with van der Waals surface area (Å²) in [6.45, 7) is 4.81. The van der Waals surface area contributed by atoms with Crippen molar-refractivity contribution >= 4 is 17.2 Å². The first-order valence-electron chi connectivity index (χ1n) is 8.55. The Morgan fingerprint density at radius 2 is 2.00 bits per heavy atom. The van der Waals surface area contributed by atoms with E-state index in [1.165, 1.54) is 23.5 Å². The Labute approximate surface area is 162 Å².